The summed E-state index contributed by atoms with van der Waals surface area (Å²) >= 11 is -0.344. The number of pyridine rings is 1. The summed E-state index contributed by atoms with van der Waals surface area (Å²) in [7, 11) is 0. The van der Waals surface area contributed by atoms with E-state index in [-0.39, 0.29) is 25.7 Å². The molecular formula is C49H41GeIrN3OS-2. The number of rotatable bonds is 5. The summed E-state index contributed by atoms with van der Waals surface area (Å²) in [6.07, 6.45) is 1.91. The minimum atomic E-state index is -2.14. The van der Waals surface area contributed by atoms with Crippen molar-refractivity contribution >= 4 is 82.1 Å². The average molecular weight is 989 g/mol. The summed E-state index contributed by atoms with van der Waals surface area (Å²) < 4.78 is 43.2. The van der Waals surface area contributed by atoms with Gasteiger partial charge in [0.15, 0.2) is 5.58 Å². The van der Waals surface area contributed by atoms with Crippen LogP contribution in [0.1, 0.15) is 36.4 Å². The maximum absolute atomic E-state index is 8.49. The zero-order chi connectivity index (χ0) is 41.3. The minimum Gasteiger partial charge on any atom is -0.454 e. The van der Waals surface area contributed by atoms with Crippen molar-refractivity contribution in [3.63, 3.8) is 0 Å². The molecule has 0 unspecified atom stereocenters. The molecule has 0 aliphatic carbocycles. The molecule has 7 heteroatoms. The van der Waals surface area contributed by atoms with E-state index < -0.39 is 26.0 Å². The van der Waals surface area contributed by atoms with Gasteiger partial charge >= 0.3 is 131 Å². The Balaban J connectivity index is 0.000000177. The van der Waals surface area contributed by atoms with Crippen molar-refractivity contribution in [3.05, 3.63) is 157 Å². The van der Waals surface area contributed by atoms with Crippen molar-refractivity contribution in [3.8, 4) is 28.3 Å². The Morgan fingerprint density at radius 1 is 0.821 bits per heavy atom. The summed E-state index contributed by atoms with van der Waals surface area (Å²) in [5.41, 5.74) is 8.49. The van der Waals surface area contributed by atoms with E-state index in [4.69, 9.17) is 14.9 Å². The second-order valence-electron chi connectivity index (χ2n) is 15.1. The average Bonchev–Trinajstić information content (AvgIpc) is 3.91. The molecule has 4 aromatic heterocycles. The maximum Gasteiger partial charge on any atom is 0.158 e. The van der Waals surface area contributed by atoms with E-state index in [1.165, 1.54) is 30.6 Å². The summed E-state index contributed by atoms with van der Waals surface area (Å²) in [6.45, 7) is 1.66. The molecule has 10 rings (SSSR count). The van der Waals surface area contributed by atoms with Gasteiger partial charge < -0.3 is 8.98 Å². The van der Waals surface area contributed by atoms with Crippen LogP contribution in [0.4, 0.5) is 0 Å². The Hall–Kier alpha value is -4.85. The number of para-hydroxylation sites is 4. The van der Waals surface area contributed by atoms with Crippen molar-refractivity contribution < 1.29 is 30.0 Å². The van der Waals surface area contributed by atoms with Crippen LogP contribution in [-0.2, 0) is 20.1 Å². The van der Waals surface area contributed by atoms with E-state index in [1.54, 1.807) is 23.5 Å². The van der Waals surface area contributed by atoms with Gasteiger partial charge in [0.2, 0.25) is 0 Å². The number of fused-ring (bicyclic) bond motifs is 7. The number of benzene rings is 6. The van der Waals surface area contributed by atoms with Crippen molar-refractivity contribution in [2.24, 2.45) is 0 Å². The Labute approximate surface area is 353 Å². The van der Waals surface area contributed by atoms with Crippen molar-refractivity contribution in [1.29, 1.82) is 0 Å². The molecule has 56 heavy (non-hydrogen) atoms. The van der Waals surface area contributed by atoms with Gasteiger partial charge in [-0.1, -0.05) is 71.6 Å². The number of imidazole rings is 1. The molecule has 0 bridgehead atoms. The first-order valence-electron chi connectivity index (χ1n) is 20.4. The number of hydrogen-bond acceptors (Lipinski definition) is 4. The van der Waals surface area contributed by atoms with E-state index >= 15 is 0 Å². The first-order chi connectivity index (χ1) is 28.2. The van der Waals surface area contributed by atoms with Crippen LogP contribution in [0.15, 0.2) is 138 Å². The molecular weight excluding hydrogens is 943 g/mol. The van der Waals surface area contributed by atoms with Crippen LogP contribution in [0, 0.1) is 19.0 Å². The first kappa shape index (κ1) is 33.3. The molecule has 0 aliphatic heterocycles. The third-order valence-electron chi connectivity index (χ3n) is 10.1. The molecule has 1 radical (unpaired) electrons. The van der Waals surface area contributed by atoms with Crippen LogP contribution in [0.25, 0.3) is 81.5 Å². The molecule has 4 heterocycles. The number of aromatic nitrogens is 3. The normalized spacial score (nSPS) is 13.2. The van der Waals surface area contributed by atoms with Crippen LogP contribution in [0.2, 0.25) is 17.3 Å². The van der Waals surface area contributed by atoms with Gasteiger partial charge in [-0.2, -0.15) is 11.3 Å². The van der Waals surface area contributed by atoms with Gasteiger partial charge in [0.05, 0.1) is 22.5 Å². The molecule has 0 saturated carbocycles. The van der Waals surface area contributed by atoms with Gasteiger partial charge in [0.1, 0.15) is 5.58 Å². The topological polar surface area (TPSA) is 43.9 Å². The molecule has 0 spiro atoms. The fraction of sp³-hybridized carbons (Fsp3) is 0.143. The molecule has 279 valence electrons. The second kappa shape index (κ2) is 15.2. The third-order valence-corrected chi connectivity index (χ3v) is 15.5. The van der Waals surface area contributed by atoms with Crippen LogP contribution < -0.4 is 4.40 Å². The predicted molar refractivity (Wildman–Crippen MR) is 236 cm³/mol. The number of furan rings is 1. The molecule has 6 aromatic carbocycles. The van der Waals surface area contributed by atoms with Crippen molar-refractivity contribution in [1.82, 2.24) is 14.5 Å². The molecule has 0 N–H and O–H groups in total. The van der Waals surface area contributed by atoms with Gasteiger partial charge in [-0.25, -0.2) is 0 Å². The van der Waals surface area contributed by atoms with Crippen molar-refractivity contribution in [2.45, 2.75) is 43.9 Å². The van der Waals surface area contributed by atoms with E-state index in [2.05, 4.69) is 118 Å². The van der Waals surface area contributed by atoms with Crippen molar-refractivity contribution in [2.75, 3.05) is 0 Å². The summed E-state index contributed by atoms with van der Waals surface area (Å²) in [6, 6.07) is 49.0. The summed E-state index contributed by atoms with van der Waals surface area (Å²) in [4.78, 5) is 9.71. The Morgan fingerprint density at radius 3 is 2.38 bits per heavy atom. The molecule has 0 amide bonds. The van der Waals surface area contributed by atoms with E-state index in [9.17, 15) is 0 Å². The Bertz CT molecular complexity index is 3190. The summed E-state index contributed by atoms with van der Waals surface area (Å²) in [5, 5.41) is 4.73. The SMILES string of the molecule is [2H]C([2H])([2H])c1c[c-]c(-c2cc(C([2H])(C)C)[c]([Ge]([CH3])([CH3])[CH3])cn2)cc1.[Ir].[c-]1ccc2c(sc3ccccc32)c1-c1nc2ccccc2n1-c1cccc2c1oc1ccccc12. The zero-order valence-corrected chi connectivity index (χ0v) is 37.0. The number of hydrogen-bond donors (Lipinski definition) is 0. The Kier molecular flexibility index (Phi) is 9.07. The monoisotopic (exact) mass is 990 g/mol. The second-order valence-corrected chi connectivity index (χ2v) is 26.7. The standard InChI is InChI=1S/C31H17N2OS.C18H24GeN.Ir/c1-5-17-27-19(9-1)21-11-8-16-26(29(21)34-27)33-25-15-4-3-14-24(25)32-31(33)23-13-7-12-22-20-10-2-6-18-28(20)35-30(22)23;1-13(2)16-11-18(15-9-7-14(3)8-10-15)20-12-17(16)19(4,5)6;/h1-12,14-18H;7-9,11-13H,1-6H3;/q2*-1;/i;3D3,13D;. The largest absolute Gasteiger partial charge is 0.454 e. The predicted octanol–water partition coefficient (Wildman–Crippen LogP) is 13.3. The van der Waals surface area contributed by atoms with Crippen LogP contribution in [-0.4, -0.2) is 27.8 Å². The molecule has 0 atom stereocenters. The fourth-order valence-electron chi connectivity index (χ4n) is 7.40. The third kappa shape index (κ3) is 6.83. The Morgan fingerprint density at radius 2 is 1.59 bits per heavy atom. The van der Waals surface area contributed by atoms with E-state index in [1.807, 2.05) is 50.4 Å². The number of thiophene rings is 1. The molecule has 0 fully saturated rings. The minimum absolute atomic E-state index is 0. The zero-order valence-electron chi connectivity index (χ0n) is 35.7. The quantitative estimate of drug-likeness (QED) is 0.127. The smallest absolute Gasteiger partial charge is 0.158 e. The molecule has 0 saturated heterocycles. The van der Waals surface area contributed by atoms with Crippen LogP contribution in [0.3, 0.4) is 0 Å². The van der Waals surface area contributed by atoms with Gasteiger partial charge in [0.25, 0.3) is 0 Å². The molecule has 10 aromatic rings. The maximum atomic E-state index is 8.49. The van der Waals surface area contributed by atoms with Gasteiger partial charge in [-0.05, 0) is 40.4 Å². The molecule has 0 aliphatic rings. The van der Waals surface area contributed by atoms with E-state index in [0.29, 0.717) is 0 Å². The van der Waals surface area contributed by atoms with Crippen LogP contribution in [0.5, 0.6) is 0 Å². The number of nitrogens with zero attached hydrogens (tertiary/aromatic N) is 3. The number of aryl methyl sites for hydroxylation is 1. The van der Waals surface area contributed by atoms with Gasteiger partial charge in [0, 0.05) is 35.6 Å². The first-order valence-corrected chi connectivity index (χ1v) is 26.6. The summed E-state index contributed by atoms with van der Waals surface area (Å²) in [5.74, 6) is 7.05. The van der Waals surface area contributed by atoms with Crippen LogP contribution >= 0.6 is 11.3 Å². The van der Waals surface area contributed by atoms with Gasteiger partial charge in [-0.15, -0.1) is 18.2 Å². The van der Waals surface area contributed by atoms with E-state index in [0.717, 1.165) is 66.9 Å². The van der Waals surface area contributed by atoms with Gasteiger partial charge in [-0.3, -0.25) is 4.98 Å². The molecule has 4 nitrogen and oxygen atoms in total. The fourth-order valence-corrected chi connectivity index (χ4v) is 11.9.